The number of piperidine rings is 2. The van der Waals surface area contributed by atoms with Crippen molar-refractivity contribution < 1.29 is 4.79 Å². The SMILES string of the molecule is CC(C)CC1CCN(C(=O)N2CCC(N3CCN(C(C)C)CC3)CC2)CC1. The highest BCUT2D eigenvalue weighted by Crippen LogP contribution is 2.26. The van der Waals surface area contributed by atoms with Crippen LogP contribution in [-0.2, 0) is 0 Å². The minimum absolute atomic E-state index is 0.307. The smallest absolute Gasteiger partial charge is 0.319 e. The van der Waals surface area contributed by atoms with Gasteiger partial charge in [-0.05, 0) is 57.8 Å². The van der Waals surface area contributed by atoms with Crippen molar-refractivity contribution in [1.29, 1.82) is 0 Å². The largest absolute Gasteiger partial charge is 0.325 e. The summed E-state index contributed by atoms with van der Waals surface area (Å²) in [5.41, 5.74) is 0. The van der Waals surface area contributed by atoms with E-state index < -0.39 is 0 Å². The molecule has 0 aromatic carbocycles. The first-order valence-electron chi connectivity index (χ1n) is 11.5. The van der Waals surface area contributed by atoms with E-state index in [1.807, 2.05) is 0 Å². The van der Waals surface area contributed by atoms with E-state index in [0.717, 1.165) is 50.9 Å². The van der Waals surface area contributed by atoms with E-state index in [9.17, 15) is 4.79 Å². The second-order valence-electron chi connectivity index (χ2n) is 9.73. The molecule has 3 aliphatic rings. The van der Waals surface area contributed by atoms with Crippen LogP contribution in [-0.4, -0.2) is 90.1 Å². The molecular formula is C22H42N4O. The van der Waals surface area contributed by atoms with Gasteiger partial charge in [-0.3, -0.25) is 9.80 Å². The van der Waals surface area contributed by atoms with Gasteiger partial charge < -0.3 is 9.80 Å². The summed E-state index contributed by atoms with van der Waals surface area (Å²) in [4.78, 5) is 22.4. The molecule has 0 saturated carbocycles. The first kappa shape index (κ1) is 20.9. The molecule has 27 heavy (non-hydrogen) atoms. The Morgan fingerprint density at radius 3 is 1.78 bits per heavy atom. The molecule has 3 heterocycles. The Morgan fingerprint density at radius 1 is 0.778 bits per heavy atom. The molecule has 3 rings (SSSR count). The number of amides is 2. The summed E-state index contributed by atoms with van der Waals surface area (Å²) in [5, 5.41) is 0. The summed E-state index contributed by atoms with van der Waals surface area (Å²) in [7, 11) is 0. The van der Waals surface area contributed by atoms with Gasteiger partial charge in [0.15, 0.2) is 0 Å². The average Bonchev–Trinajstić information content (AvgIpc) is 2.68. The zero-order valence-corrected chi connectivity index (χ0v) is 18.2. The minimum atomic E-state index is 0.307. The third kappa shape index (κ3) is 5.60. The summed E-state index contributed by atoms with van der Waals surface area (Å²) in [6.07, 6.45) is 6.01. The molecule has 156 valence electrons. The van der Waals surface area contributed by atoms with Crippen molar-refractivity contribution in [3.63, 3.8) is 0 Å². The van der Waals surface area contributed by atoms with Gasteiger partial charge in [0.2, 0.25) is 0 Å². The monoisotopic (exact) mass is 378 g/mol. The lowest BCUT2D eigenvalue weighted by atomic mass is 9.89. The topological polar surface area (TPSA) is 30.0 Å². The summed E-state index contributed by atoms with van der Waals surface area (Å²) in [6.45, 7) is 17.8. The van der Waals surface area contributed by atoms with Crippen LogP contribution in [0.5, 0.6) is 0 Å². The lowest BCUT2D eigenvalue weighted by molar-refractivity contribution is 0.0485. The molecular weight excluding hydrogens is 336 g/mol. The second kappa shape index (κ2) is 9.60. The normalized spacial score (nSPS) is 25.0. The number of hydrogen-bond acceptors (Lipinski definition) is 3. The molecule has 0 unspecified atom stereocenters. The van der Waals surface area contributed by atoms with Crippen LogP contribution in [0.1, 0.15) is 59.8 Å². The average molecular weight is 379 g/mol. The van der Waals surface area contributed by atoms with Gasteiger partial charge in [0.1, 0.15) is 0 Å². The number of piperazine rings is 1. The lowest BCUT2D eigenvalue weighted by Crippen LogP contribution is -2.56. The number of carbonyl (C=O) groups is 1. The van der Waals surface area contributed by atoms with E-state index in [1.165, 1.54) is 45.4 Å². The van der Waals surface area contributed by atoms with E-state index in [2.05, 4.69) is 47.3 Å². The van der Waals surface area contributed by atoms with Crippen molar-refractivity contribution in [2.45, 2.75) is 71.9 Å². The Morgan fingerprint density at radius 2 is 1.30 bits per heavy atom. The molecule has 0 N–H and O–H groups in total. The lowest BCUT2D eigenvalue weighted by Gasteiger charge is -2.44. The summed E-state index contributed by atoms with van der Waals surface area (Å²) < 4.78 is 0. The van der Waals surface area contributed by atoms with Crippen LogP contribution < -0.4 is 0 Å². The van der Waals surface area contributed by atoms with Gasteiger partial charge in [0.05, 0.1) is 0 Å². The molecule has 0 bridgehead atoms. The van der Waals surface area contributed by atoms with Crippen LogP contribution in [0.2, 0.25) is 0 Å². The van der Waals surface area contributed by atoms with E-state index in [1.54, 1.807) is 0 Å². The maximum Gasteiger partial charge on any atom is 0.319 e. The molecule has 0 aromatic heterocycles. The van der Waals surface area contributed by atoms with Gasteiger partial charge in [-0.25, -0.2) is 4.79 Å². The molecule has 0 aliphatic carbocycles. The zero-order chi connectivity index (χ0) is 19.4. The van der Waals surface area contributed by atoms with E-state index >= 15 is 0 Å². The molecule has 3 aliphatic heterocycles. The highest BCUT2D eigenvalue weighted by atomic mass is 16.2. The Bertz CT molecular complexity index is 457. The molecule has 0 aromatic rings. The van der Waals surface area contributed by atoms with Gasteiger partial charge in [0.25, 0.3) is 0 Å². The second-order valence-corrected chi connectivity index (χ2v) is 9.73. The maximum atomic E-state index is 12.9. The first-order chi connectivity index (χ1) is 12.9. The zero-order valence-electron chi connectivity index (χ0n) is 18.2. The molecule has 0 atom stereocenters. The predicted octanol–water partition coefficient (Wildman–Crippen LogP) is 3.35. The molecule has 0 radical (unpaired) electrons. The van der Waals surface area contributed by atoms with E-state index in [0.29, 0.717) is 18.1 Å². The predicted molar refractivity (Wildman–Crippen MR) is 112 cm³/mol. The fourth-order valence-corrected chi connectivity index (χ4v) is 5.27. The number of hydrogen-bond donors (Lipinski definition) is 0. The van der Waals surface area contributed by atoms with Crippen LogP contribution in [0, 0.1) is 11.8 Å². The third-order valence-corrected chi connectivity index (χ3v) is 7.02. The van der Waals surface area contributed by atoms with Crippen molar-refractivity contribution in [3.05, 3.63) is 0 Å². The number of carbonyl (C=O) groups excluding carboxylic acids is 1. The third-order valence-electron chi connectivity index (χ3n) is 7.02. The highest BCUT2D eigenvalue weighted by molar-refractivity contribution is 5.74. The Balaban J connectivity index is 1.39. The van der Waals surface area contributed by atoms with Crippen LogP contribution in [0.4, 0.5) is 4.79 Å². The maximum absolute atomic E-state index is 12.9. The van der Waals surface area contributed by atoms with Gasteiger partial charge >= 0.3 is 6.03 Å². The molecule has 0 spiro atoms. The van der Waals surface area contributed by atoms with Gasteiger partial charge in [-0.2, -0.15) is 0 Å². The van der Waals surface area contributed by atoms with Crippen molar-refractivity contribution >= 4 is 6.03 Å². The van der Waals surface area contributed by atoms with Crippen molar-refractivity contribution in [1.82, 2.24) is 19.6 Å². The van der Waals surface area contributed by atoms with Gasteiger partial charge in [-0.1, -0.05) is 13.8 Å². The standard InChI is InChI=1S/C22H42N4O/c1-18(2)17-20-5-9-25(10-6-20)22(27)26-11-7-21(8-12-26)24-15-13-23(14-16-24)19(3)4/h18-21H,5-17H2,1-4H3. The molecule has 3 fully saturated rings. The molecule has 5 nitrogen and oxygen atoms in total. The van der Waals surface area contributed by atoms with Crippen molar-refractivity contribution in [3.8, 4) is 0 Å². The number of nitrogens with zero attached hydrogens (tertiary/aromatic N) is 4. The molecule has 2 amide bonds. The summed E-state index contributed by atoms with van der Waals surface area (Å²) >= 11 is 0. The summed E-state index contributed by atoms with van der Waals surface area (Å²) in [6, 6.07) is 1.65. The fraction of sp³-hybridized carbons (Fsp3) is 0.955. The Labute approximate surface area is 167 Å². The number of urea groups is 1. The van der Waals surface area contributed by atoms with Crippen molar-refractivity contribution in [2.24, 2.45) is 11.8 Å². The van der Waals surface area contributed by atoms with E-state index in [4.69, 9.17) is 0 Å². The van der Waals surface area contributed by atoms with E-state index in [-0.39, 0.29) is 0 Å². The van der Waals surface area contributed by atoms with Crippen LogP contribution in [0.25, 0.3) is 0 Å². The Kier molecular flexibility index (Phi) is 7.43. The van der Waals surface area contributed by atoms with Crippen LogP contribution in [0.3, 0.4) is 0 Å². The number of rotatable bonds is 4. The molecule has 5 heteroatoms. The fourth-order valence-electron chi connectivity index (χ4n) is 5.27. The first-order valence-corrected chi connectivity index (χ1v) is 11.5. The highest BCUT2D eigenvalue weighted by Gasteiger charge is 2.32. The van der Waals surface area contributed by atoms with Crippen molar-refractivity contribution in [2.75, 3.05) is 52.4 Å². The minimum Gasteiger partial charge on any atom is -0.325 e. The molecule has 3 saturated heterocycles. The van der Waals surface area contributed by atoms with Gasteiger partial charge in [0, 0.05) is 64.4 Å². The quantitative estimate of drug-likeness (QED) is 0.751. The van der Waals surface area contributed by atoms with Crippen LogP contribution >= 0.6 is 0 Å². The number of likely N-dealkylation sites (tertiary alicyclic amines) is 2. The van der Waals surface area contributed by atoms with Gasteiger partial charge in [-0.15, -0.1) is 0 Å². The Hall–Kier alpha value is -0.810. The van der Waals surface area contributed by atoms with Crippen LogP contribution in [0.15, 0.2) is 0 Å². The summed E-state index contributed by atoms with van der Waals surface area (Å²) in [5.74, 6) is 1.60.